The number of nitrogens with one attached hydrogen (secondary N) is 1. The van der Waals surface area contributed by atoms with Gasteiger partial charge in [-0.15, -0.1) is 0 Å². The van der Waals surface area contributed by atoms with Crippen LogP contribution in [0.1, 0.15) is 36.7 Å². The molecule has 5 heteroatoms. The maximum absolute atomic E-state index is 12.3. The molecule has 0 spiro atoms. The number of carbonyl (C=O) groups excluding carboxylic acids is 1. The molecule has 2 rings (SSSR count). The molecule has 0 radical (unpaired) electrons. The lowest BCUT2D eigenvalue weighted by Gasteiger charge is -2.24. The highest BCUT2D eigenvalue weighted by Gasteiger charge is 2.29. The summed E-state index contributed by atoms with van der Waals surface area (Å²) in [5.41, 5.74) is 1.54. The van der Waals surface area contributed by atoms with Gasteiger partial charge < -0.3 is 9.84 Å². The molecule has 0 bridgehead atoms. The van der Waals surface area contributed by atoms with Crippen molar-refractivity contribution in [2.24, 2.45) is 0 Å². The quantitative estimate of drug-likeness (QED) is 0.928. The van der Waals surface area contributed by atoms with Gasteiger partial charge in [0.05, 0.1) is 12.0 Å². The second kappa shape index (κ2) is 5.45. The van der Waals surface area contributed by atoms with Gasteiger partial charge in [-0.05, 0) is 33.3 Å². The van der Waals surface area contributed by atoms with Crippen LogP contribution >= 0.6 is 0 Å². The highest BCUT2D eigenvalue weighted by atomic mass is 16.5. The van der Waals surface area contributed by atoms with Crippen LogP contribution in [-0.2, 0) is 16.8 Å². The Labute approximate surface area is 118 Å². The third kappa shape index (κ3) is 3.04. The van der Waals surface area contributed by atoms with Gasteiger partial charge in [0, 0.05) is 0 Å². The lowest BCUT2D eigenvalue weighted by atomic mass is 9.83. The lowest BCUT2D eigenvalue weighted by molar-refractivity contribution is -0.125. The summed E-state index contributed by atoms with van der Waals surface area (Å²) in [4.78, 5) is 16.4. The van der Waals surface area contributed by atoms with Crippen LogP contribution < -0.4 is 5.32 Å². The molecule has 1 N–H and O–H groups in total. The average Bonchev–Trinajstić information content (AvgIpc) is 2.82. The van der Waals surface area contributed by atoms with Gasteiger partial charge >= 0.3 is 0 Å². The molecule has 0 aliphatic rings. The molecule has 1 amide bonds. The van der Waals surface area contributed by atoms with Crippen molar-refractivity contribution >= 4 is 5.91 Å². The normalized spacial score (nSPS) is 11.4. The molecular formula is C15H19N3O2. The van der Waals surface area contributed by atoms with Crippen molar-refractivity contribution < 1.29 is 9.32 Å². The SMILES string of the molecule is Cc1ccc(C(C)(C)C(=O)NCc2nc(C)no2)cc1. The zero-order valence-electron chi connectivity index (χ0n) is 12.2. The first-order chi connectivity index (χ1) is 9.39. The van der Waals surface area contributed by atoms with E-state index in [1.165, 1.54) is 5.56 Å². The van der Waals surface area contributed by atoms with Crippen LogP contribution in [0.2, 0.25) is 0 Å². The molecule has 0 saturated carbocycles. The Morgan fingerprint density at radius 3 is 2.45 bits per heavy atom. The molecule has 106 valence electrons. The fraction of sp³-hybridized carbons (Fsp3) is 0.400. The Morgan fingerprint density at radius 1 is 1.25 bits per heavy atom. The Bertz CT molecular complexity index is 600. The number of hydrogen-bond donors (Lipinski definition) is 1. The van der Waals surface area contributed by atoms with Crippen LogP contribution in [0.3, 0.4) is 0 Å². The predicted molar refractivity (Wildman–Crippen MR) is 75.1 cm³/mol. The summed E-state index contributed by atoms with van der Waals surface area (Å²) in [6, 6.07) is 7.97. The minimum Gasteiger partial charge on any atom is -0.346 e. The zero-order valence-corrected chi connectivity index (χ0v) is 12.2. The van der Waals surface area contributed by atoms with Gasteiger partial charge in [0.1, 0.15) is 0 Å². The van der Waals surface area contributed by atoms with Gasteiger partial charge in [-0.1, -0.05) is 35.0 Å². The summed E-state index contributed by atoms with van der Waals surface area (Å²) in [7, 11) is 0. The molecule has 0 aliphatic carbocycles. The van der Waals surface area contributed by atoms with Crippen molar-refractivity contribution in [3.05, 3.63) is 47.1 Å². The van der Waals surface area contributed by atoms with Crippen LogP contribution in [0.25, 0.3) is 0 Å². The second-order valence-electron chi connectivity index (χ2n) is 5.41. The number of aromatic nitrogens is 2. The molecule has 20 heavy (non-hydrogen) atoms. The number of carbonyl (C=O) groups is 1. The van der Waals surface area contributed by atoms with E-state index in [1.807, 2.05) is 45.0 Å². The van der Waals surface area contributed by atoms with Gasteiger partial charge in [0.25, 0.3) is 0 Å². The van der Waals surface area contributed by atoms with Crippen molar-refractivity contribution in [3.63, 3.8) is 0 Å². The third-order valence-electron chi connectivity index (χ3n) is 3.31. The molecule has 0 unspecified atom stereocenters. The van der Waals surface area contributed by atoms with Gasteiger partial charge in [0.15, 0.2) is 5.82 Å². The van der Waals surface area contributed by atoms with Crippen LogP contribution in [-0.4, -0.2) is 16.0 Å². The van der Waals surface area contributed by atoms with Crippen molar-refractivity contribution in [1.82, 2.24) is 15.5 Å². The molecule has 1 aromatic heterocycles. The Kier molecular flexibility index (Phi) is 3.88. The van der Waals surface area contributed by atoms with Gasteiger partial charge in [-0.2, -0.15) is 4.98 Å². The van der Waals surface area contributed by atoms with E-state index >= 15 is 0 Å². The number of rotatable bonds is 4. The predicted octanol–water partition coefficient (Wildman–Crippen LogP) is 2.28. The van der Waals surface area contributed by atoms with E-state index in [9.17, 15) is 4.79 Å². The topological polar surface area (TPSA) is 68.0 Å². The van der Waals surface area contributed by atoms with E-state index in [1.54, 1.807) is 6.92 Å². The van der Waals surface area contributed by atoms with Gasteiger partial charge in [-0.3, -0.25) is 4.79 Å². The summed E-state index contributed by atoms with van der Waals surface area (Å²) < 4.78 is 4.97. The van der Waals surface area contributed by atoms with Crippen LogP contribution in [0.4, 0.5) is 0 Å². The summed E-state index contributed by atoms with van der Waals surface area (Å²) >= 11 is 0. The standard InChI is InChI=1S/C15H19N3O2/c1-10-5-7-12(8-6-10)15(3,4)14(19)16-9-13-17-11(2)18-20-13/h5-8H,9H2,1-4H3,(H,16,19). The van der Waals surface area contributed by atoms with E-state index in [2.05, 4.69) is 15.5 Å². The summed E-state index contributed by atoms with van der Waals surface area (Å²) in [5, 5.41) is 6.52. The molecule has 0 aliphatic heterocycles. The largest absolute Gasteiger partial charge is 0.346 e. The number of amides is 1. The first-order valence-electron chi connectivity index (χ1n) is 6.54. The van der Waals surface area contributed by atoms with Gasteiger partial charge in [0.2, 0.25) is 11.8 Å². The minimum absolute atomic E-state index is 0.0720. The second-order valence-corrected chi connectivity index (χ2v) is 5.41. The monoisotopic (exact) mass is 273 g/mol. The van der Waals surface area contributed by atoms with E-state index in [4.69, 9.17) is 4.52 Å². The van der Waals surface area contributed by atoms with Crippen molar-refractivity contribution in [1.29, 1.82) is 0 Å². The minimum atomic E-state index is -0.608. The van der Waals surface area contributed by atoms with E-state index < -0.39 is 5.41 Å². The third-order valence-corrected chi connectivity index (χ3v) is 3.31. The molecule has 0 atom stereocenters. The molecular weight excluding hydrogens is 254 g/mol. The number of benzene rings is 1. The molecule has 0 fully saturated rings. The van der Waals surface area contributed by atoms with E-state index in [0.717, 1.165) is 5.56 Å². The number of aryl methyl sites for hydroxylation is 2. The molecule has 1 aromatic carbocycles. The zero-order chi connectivity index (χ0) is 14.8. The average molecular weight is 273 g/mol. The van der Waals surface area contributed by atoms with Crippen LogP contribution in [0, 0.1) is 13.8 Å². The lowest BCUT2D eigenvalue weighted by Crippen LogP contribution is -2.39. The fourth-order valence-corrected chi connectivity index (χ4v) is 1.89. The summed E-state index contributed by atoms with van der Waals surface area (Å²) in [6.07, 6.45) is 0. The first-order valence-corrected chi connectivity index (χ1v) is 6.54. The van der Waals surface area contributed by atoms with Crippen molar-refractivity contribution in [2.75, 3.05) is 0 Å². The maximum atomic E-state index is 12.3. The Morgan fingerprint density at radius 2 is 1.90 bits per heavy atom. The summed E-state index contributed by atoms with van der Waals surface area (Å²) in [5.74, 6) is 0.903. The van der Waals surface area contributed by atoms with E-state index in [-0.39, 0.29) is 12.5 Å². The first kappa shape index (κ1) is 14.2. The van der Waals surface area contributed by atoms with Crippen LogP contribution in [0.5, 0.6) is 0 Å². The molecule has 5 nitrogen and oxygen atoms in total. The molecule has 2 aromatic rings. The van der Waals surface area contributed by atoms with Crippen molar-refractivity contribution in [2.45, 2.75) is 39.7 Å². The number of hydrogen-bond acceptors (Lipinski definition) is 4. The Hall–Kier alpha value is -2.17. The highest BCUT2D eigenvalue weighted by molar-refractivity contribution is 5.87. The molecule has 0 saturated heterocycles. The Balaban J connectivity index is 2.05. The van der Waals surface area contributed by atoms with Crippen molar-refractivity contribution in [3.8, 4) is 0 Å². The smallest absolute Gasteiger partial charge is 0.246 e. The fourth-order valence-electron chi connectivity index (χ4n) is 1.89. The van der Waals surface area contributed by atoms with Crippen LogP contribution in [0.15, 0.2) is 28.8 Å². The summed E-state index contributed by atoms with van der Waals surface area (Å²) in [6.45, 7) is 7.80. The van der Waals surface area contributed by atoms with E-state index in [0.29, 0.717) is 11.7 Å². The maximum Gasteiger partial charge on any atom is 0.246 e. The number of nitrogens with zero attached hydrogens (tertiary/aromatic N) is 2. The molecule has 1 heterocycles. The highest BCUT2D eigenvalue weighted by Crippen LogP contribution is 2.23. The van der Waals surface area contributed by atoms with Gasteiger partial charge in [-0.25, -0.2) is 0 Å².